The van der Waals surface area contributed by atoms with Gasteiger partial charge in [0.1, 0.15) is 0 Å². The highest BCUT2D eigenvalue weighted by molar-refractivity contribution is 9.10. The fourth-order valence-electron chi connectivity index (χ4n) is 1.71. The zero-order chi connectivity index (χ0) is 11.8. The Morgan fingerprint density at radius 1 is 1.18 bits per heavy atom. The lowest BCUT2D eigenvalue weighted by Gasteiger charge is -2.01. The molecule has 0 fully saturated rings. The summed E-state index contributed by atoms with van der Waals surface area (Å²) in [5, 5.41) is 2.86. The summed E-state index contributed by atoms with van der Waals surface area (Å²) in [7, 11) is 0. The second kappa shape index (κ2) is 4.13. The van der Waals surface area contributed by atoms with Crippen LogP contribution in [0.25, 0.3) is 21.4 Å². The molecule has 0 aliphatic heterocycles. The van der Waals surface area contributed by atoms with Crippen molar-refractivity contribution in [1.29, 1.82) is 0 Å². The molecule has 0 atom stereocenters. The molecule has 0 unspecified atom stereocenters. The van der Waals surface area contributed by atoms with Gasteiger partial charge in [-0.1, -0.05) is 18.2 Å². The molecule has 0 saturated carbocycles. The normalized spacial score (nSPS) is 10.9. The van der Waals surface area contributed by atoms with Gasteiger partial charge in [0.15, 0.2) is 5.58 Å². The van der Waals surface area contributed by atoms with Crippen LogP contribution in [0.2, 0.25) is 0 Å². The van der Waals surface area contributed by atoms with Crippen molar-refractivity contribution in [2.45, 2.75) is 0 Å². The standard InChI is InChI=1S/C13H7BrO2S/c14-10-4-1-3-8-7-9(11-5-2-6-17-11)13(15)16-12(8)10/h1-7H. The van der Waals surface area contributed by atoms with E-state index in [1.54, 1.807) is 0 Å². The van der Waals surface area contributed by atoms with Crippen LogP contribution >= 0.6 is 27.3 Å². The lowest BCUT2D eigenvalue weighted by atomic mass is 10.1. The lowest BCUT2D eigenvalue weighted by Crippen LogP contribution is -2.01. The average Bonchev–Trinajstić information content (AvgIpc) is 2.83. The molecule has 0 bridgehead atoms. The van der Waals surface area contributed by atoms with Crippen molar-refractivity contribution in [3.05, 3.63) is 56.7 Å². The van der Waals surface area contributed by atoms with Crippen molar-refractivity contribution < 1.29 is 4.42 Å². The van der Waals surface area contributed by atoms with Crippen LogP contribution in [-0.4, -0.2) is 0 Å². The number of halogens is 1. The molecule has 0 radical (unpaired) electrons. The Hall–Kier alpha value is -1.39. The molecular weight excluding hydrogens is 300 g/mol. The summed E-state index contributed by atoms with van der Waals surface area (Å²) >= 11 is 4.91. The molecule has 0 spiro atoms. The van der Waals surface area contributed by atoms with E-state index >= 15 is 0 Å². The maximum absolute atomic E-state index is 11.9. The van der Waals surface area contributed by atoms with Crippen molar-refractivity contribution in [2.75, 3.05) is 0 Å². The minimum Gasteiger partial charge on any atom is -0.421 e. The van der Waals surface area contributed by atoms with Gasteiger partial charge in [0.2, 0.25) is 0 Å². The third-order valence-corrected chi connectivity index (χ3v) is 4.03. The molecule has 2 nitrogen and oxygen atoms in total. The number of benzene rings is 1. The van der Waals surface area contributed by atoms with Crippen LogP contribution in [0.4, 0.5) is 0 Å². The number of para-hydroxylation sites is 1. The lowest BCUT2D eigenvalue weighted by molar-refractivity contribution is 0.562. The monoisotopic (exact) mass is 306 g/mol. The first kappa shape index (κ1) is 10.7. The van der Waals surface area contributed by atoms with Crippen molar-refractivity contribution in [1.82, 2.24) is 0 Å². The van der Waals surface area contributed by atoms with Crippen LogP contribution in [0, 0.1) is 0 Å². The Morgan fingerprint density at radius 2 is 2.06 bits per heavy atom. The number of rotatable bonds is 1. The second-order valence-corrected chi connectivity index (χ2v) is 5.39. The molecule has 4 heteroatoms. The summed E-state index contributed by atoms with van der Waals surface area (Å²) in [4.78, 5) is 12.8. The van der Waals surface area contributed by atoms with Gasteiger partial charge in [-0.15, -0.1) is 11.3 Å². The smallest absolute Gasteiger partial charge is 0.345 e. The average molecular weight is 307 g/mol. The van der Waals surface area contributed by atoms with Gasteiger partial charge in [-0.25, -0.2) is 4.79 Å². The topological polar surface area (TPSA) is 30.2 Å². The zero-order valence-corrected chi connectivity index (χ0v) is 11.0. The first-order valence-electron chi connectivity index (χ1n) is 5.02. The fraction of sp³-hybridized carbons (Fsp3) is 0. The molecule has 0 aliphatic carbocycles. The van der Waals surface area contributed by atoms with E-state index in [0.29, 0.717) is 11.1 Å². The van der Waals surface area contributed by atoms with E-state index in [0.717, 1.165) is 14.7 Å². The Labute approximate surface area is 110 Å². The van der Waals surface area contributed by atoms with Gasteiger partial charge >= 0.3 is 5.63 Å². The van der Waals surface area contributed by atoms with E-state index in [9.17, 15) is 4.79 Å². The van der Waals surface area contributed by atoms with E-state index < -0.39 is 0 Å². The van der Waals surface area contributed by atoms with E-state index in [2.05, 4.69) is 15.9 Å². The minimum atomic E-state index is -0.299. The van der Waals surface area contributed by atoms with Crippen LogP contribution in [0.3, 0.4) is 0 Å². The van der Waals surface area contributed by atoms with Crippen LogP contribution < -0.4 is 5.63 Å². The highest BCUT2D eigenvalue weighted by Crippen LogP contribution is 2.28. The van der Waals surface area contributed by atoms with Crippen LogP contribution in [-0.2, 0) is 0 Å². The summed E-state index contributed by atoms with van der Waals surface area (Å²) in [6.07, 6.45) is 0. The van der Waals surface area contributed by atoms with Gasteiger partial charge in [-0.3, -0.25) is 0 Å². The molecule has 1 aromatic carbocycles. The molecule has 2 aromatic heterocycles. The summed E-state index contributed by atoms with van der Waals surface area (Å²) in [6, 6.07) is 11.4. The largest absolute Gasteiger partial charge is 0.421 e. The predicted molar refractivity (Wildman–Crippen MR) is 73.5 cm³/mol. The maximum atomic E-state index is 11.9. The van der Waals surface area contributed by atoms with Crippen molar-refractivity contribution in [3.8, 4) is 10.4 Å². The van der Waals surface area contributed by atoms with Gasteiger partial charge in [-0.05, 0) is 39.5 Å². The molecule has 84 valence electrons. The Bertz CT molecular complexity index is 729. The second-order valence-electron chi connectivity index (χ2n) is 3.58. The van der Waals surface area contributed by atoms with Gasteiger partial charge < -0.3 is 4.42 Å². The fourth-order valence-corrected chi connectivity index (χ4v) is 2.91. The van der Waals surface area contributed by atoms with E-state index in [1.165, 1.54) is 11.3 Å². The van der Waals surface area contributed by atoms with Gasteiger partial charge in [0.25, 0.3) is 0 Å². The van der Waals surface area contributed by atoms with Crippen LogP contribution in [0.5, 0.6) is 0 Å². The van der Waals surface area contributed by atoms with E-state index in [-0.39, 0.29) is 5.63 Å². The number of fused-ring (bicyclic) bond motifs is 1. The molecular formula is C13H7BrO2S. The molecule has 0 saturated heterocycles. The molecule has 3 rings (SSSR count). The Balaban J connectivity index is 2.36. The quantitative estimate of drug-likeness (QED) is 0.628. The Kier molecular flexibility index (Phi) is 2.61. The zero-order valence-electron chi connectivity index (χ0n) is 8.64. The predicted octanol–water partition coefficient (Wildman–Crippen LogP) is 4.28. The van der Waals surface area contributed by atoms with Crippen molar-refractivity contribution in [3.63, 3.8) is 0 Å². The summed E-state index contributed by atoms with van der Waals surface area (Å²) in [5.74, 6) is 0. The number of hydrogen-bond donors (Lipinski definition) is 0. The van der Waals surface area contributed by atoms with Gasteiger partial charge in [0, 0.05) is 10.3 Å². The SMILES string of the molecule is O=c1oc2c(Br)cccc2cc1-c1cccs1. The maximum Gasteiger partial charge on any atom is 0.345 e. The van der Waals surface area contributed by atoms with Crippen molar-refractivity contribution >= 4 is 38.2 Å². The number of hydrogen-bond acceptors (Lipinski definition) is 3. The van der Waals surface area contributed by atoms with Gasteiger partial charge in [0.05, 0.1) is 10.0 Å². The van der Waals surface area contributed by atoms with Crippen molar-refractivity contribution in [2.24, 2.45) is 0 Å². The molecule has 2 heterocycles. The third-order valence-electron chi connectivity index (χ3n) is 2.50. The first-order chi connectivity index (χ1) is 8.25. The summed E-state index contributed by atoms with van der Waals surface area (Å²) in [5.41, 5.74) is 0.912. The highest BCUT2D eigenvalue weighted by Gasteiger charge is 2.09. The van der Waals surface area contributed by atoms with Crippen LogP contribution in [0.15, 0.2) is 55.5 Å². The molecule has 0 N–H and O–H groups in total. The molecule has 0 amide bonds. The van der Waals surface area contributed by atoms with E-state index in [4.69, 9.17) is 4.42 Å². The minimum absolute atomic E-state index is 0.299. The third kappa shape index (κ3) is 1.83. The highest BCUT2D eigenvalue weighted by atomic mass is 79.9. The molecule has 0 aliphatic rings. The first-order valence-corrected chi connectivity index (χ1v) is 6.69. The summed E-state index contributed by atoms with van der Waals surface area (Å²) < 4.78 is 6.15. The summed E-state index contributed by atoms with van der Waals surface area (Å²) in [6.45, 7) is 0. The van der Waals surface area contributed by atoms with Gasteiger partial charge in [-0.2, -0.15) is 0 Å². The molecule has 17 heavy (non-hydrogen) atoms. The number of thiophene rings is 1. The van der Waals surface area contributed by atoms with E-state index in [1.807, 2.05) is 41.8 Å². The van der Waals surface area contributed by atoms with Crippen LogP contribution in [0.1, 0.15) is 0 Å². The molecule has 3 aromatic rings. The Morgan fingerprint density at radius 3 is 2.82 bits per heavy atom.